The zero-order valence-corrected chi connectivity index (χ0v) is 16.9. The molecular weight excluding hydrogens is 372 g/mol. The molecule has 0 unspecified atom stereocenters. The van der Waals surface area contributed by atoms with Gasteiger partial charge in [-0.25, -0.2) is 0 Å². The fourth-order valence-corrected chi connectivity index (χ4v) is 4.09. The van der Waals surface area contributed by atoms with Crippen LogP contribution in [0, 0.1) is 0 Å². The van der Waals surface area contributed by atoms with Crippen LogP contribution in [0.15, 0.2) is 41.8 Å². The number of benzene rings is 1. The maximum absolute atomic E-state index is 11.4. The zero-order chi connectivity index (χ0) is 19.5. The van der Waals surface area contributed by atoms with Crippen LogP contribution in [0.5, 0.6) is 0 Å². The molecule has 1 aromatic carbocycles. The molecule has 28 heavy (non-hydrogen) atoms. The van der Waals surface area contributed by atoms with Crippen LogP contribution in [-0.2, 0) is 18.3 Å². The molecule has 0 radical (unpaired) electrons. The summed E-state index contributed by atoms with van der Waals surface area (Å²) in [5.74, 6) is 2.40. The number of nitrogens with zero attached hydrogens (tertiary/aromatic N) is 5. The van der Waals surface area contributed by atoms with Gasteiger partial charge in [0.15, 0.2) is 5.16 Å². The van der Waals surface area contributed by atoms with E-state index in [0.29, 0.717) is 5.92 Å². The number of hydrogen-bond donors (Lipinski definition) is 1. The third kappa shape index (κ3) is 4.44. The first-order valence-electron chi connectivity index (χ1n) is 9.54. The number of aromatic nitrogens is 5. The lowest BCUT2D eigenvalue weighted by molar-refractivity contribution is -0.114. The predicted octanol–water partition coefficient (Wildman–Crippen LogP) is 3.56. The third-order valence-corrected chi connectivity index (χ3v) is 5.64. The second-order valence-corrected chi connectivity index (χ2v) is 8.22. The van der Waals surface area contributed by atoms with Gasteiger partial charge in [0, 0.05) is 37.5 Å². The highest BCUT2D eigenvalue weighted by Gasteiger charge is 2.31. The first kappa shape index (κ1) is 18.7. The number of rotatable bonds is 8. The number of anilines is 1. The number of amides is 1. The summed E-state index contributed by atoms with van der Waals surface area (Å²) >= 11 is 1.73. The molecular formula is C20H24N6OS. The molecule has 1 aliphatic carbocycles. The molecule has 1 N–H and O–H groups in total. The van der Waals surface area contributed by atoms with Gasteiger partial charge in [-0.1, -0.05) is 17.8 Å². The summed E-state index contributed by atoms with van der Waals surface area (Å²) in [5, 5.41) is 16.9. The van der Waals surface area contributed by atoms with Gasteiger partial charge < -0.3 is 5.32 Å². The van der Waals surface area contributed by atoms with Gasteiger partial charge in [-0.15, -0.1) is 10.2 Å². The van der Waals surface area contributed by atoms with Gasteiger partial charge in [-0.3, -0.25) is 14.0 Å². The minimum Gasteiger partial charge on any atom is -0.326 e. The molecule has 2 aromatic heterocycles. The van der Waals surface area contributed by atoms with Gasteiger partial charge in [0.25, 0.3) is 0 Å². The second-order valence-electron chi connectivity index (χ2n) is 7.16. The van der Waals surface area contributed by atoms with E-state index in [1.54, 1.807) is 11.8 Å². The average molecular weight is 397 g/mol. The Morgan fingerprint density at radius 2 is 2.18 bits per heavy atom. The van der Waals surface area contributed by atoms with E-state index < -0.39 is 0 Å². The fraction of sp³-hybridized carbons (Fsp3) is 0.400. The average Bonchev–Trinajstić information content (AvgIpc) is 3.29. The van der Waals surface area contributed by atoms with Crippen molar-refractivity contribution in [2.24, 2.45) is 7.05 Å². The van der Waals surface area contributed by atoms with E-state index in [9.17, 15) is 4.79 Å². The molecule has 0 spiro atoms. The van der Waals surface area contributed by atoms with E-state index >= 15 is 0 Å². The quantitative estimate of drug-likeness (QED) is 0.465. The molecule has 2 heterocycles. The Hall–Kier alpha value is -2.61. The normalized spacial score (nSPS) is 13.6. The summed E-state index contributed by atoms with van der Waals surface area (Å²) in [6.45, 7) is 1.52. The highest BCUT2D eigenvalue weighted by Crippen LogP contribution is 2.41. The monoisotopic (exact) mass is 396 g/mol. The minimum absolute atomic E-state index is 0.0756. The number of carbonyl (C=O) groups is 1. The lowest BCUT2D eigenvalue weighted by Gasteiger charge is -2.11. The standard InChI is InChI=1S/C20H24N6OS/c1-14(27)22-17-6-3-7-18(11-17)26-19(16-8-9-16)23-24-20(26)28-10-4-5-15-12-21-25(2)13-15/h3,6-7,11-13,16H,4-5,8-10H2,1-2H3,(H,22,27). The minimum atomic E-state index is -0.0756. The van der Waals surface area contributed by atoms with Crippen molar-refractivity contribution in [3.63, 3.8) is 0 Å². The Balaban J connectivity index is 1.50. The van der Waals surface area contributed by atoms with E-state index in [1.165, 1.54) is 12.5 Å². The first-order valence-corrected chi connectivity index (χ1v) is 10.5. The van der Waals surface area contributed by atoms with E-state index in [4.69, 9.17) is 0 Å². The van der Waals surface area contributed by atoms with E-state index in [2.05, 4.69) is 31.4 Å². The Labute approximate surface area is 168 Å². The van der Waals surface area contributed by atoms with Crippen LogP contribution < -0.4 is 5.32 Å². The molecule has 0 saturated heterocycles. The highest BCUT2D eigenvalue weighted by molar-refractivity contribution is 7.99. The van der Waals surface area contributed by atoms with E-state index in [1.807, 2.05) is 42.2 Å². The molecule has 146 valence electrons. The topological polar surface area (TPSA) is 77.6 Å². The maximum Gasteiger partial charge on any atom is 0.221 e. The fourth-order valence-electron chi connectivity index (χ4n) is 3.19. The summed E-state index contributed by atoms with van der Waals surface area (Å²) in [6.07, 6.45) is 8.36. The molecule has 1 aliphatic rings. The molecule has 1 amide bonds. The van der Waals surface area contributed by atoms with E-state index in [-0.39, 0.29) is 5.91 Å². The van der Waals surface area contributed by atoms with Gasteiger partial charge in [0.2, 0.25) is 5.91 Å². The van der Waals surface area contributed by atoms with E-state index in [0.717, 1.165) is 53.8 Å². The molecule has 0 atom stereocenters. The van der Waals surface area contributed by atoms with Crippen molar-refractivity contribution in [1.82, 2.24) is 24.5 Å². The molecule has 8 heteroatoms. The summed E-state index contributed by atoms with van der Waals surface area (Å²) in [7, 11) is 1.94. The van der Waals surface area contributed by atoms with Crippen LogP contribution >= 0.6 is 11.8 Å². The van der Waals surface area contributed by atoms with Crippen LogP contribution in [0.25, 0.3) is 5.69 Å². The van der Waals surface area contributed by atoms with Gasteiger partial charge >= 0.3 is 0 Å². The lowest BCUT2D eigenvalue weighted by atomic mass is 10.2. The van der Waals surface area contributed by atoms with Gasteiger partial charge in [0.05, 0.1) is 11.9 Å². The summed E-state index contributed by atoms with van der Waals surface area (Å²) in [6, 6.07) is 7.87. The highest BCUT2D eigenvalue weighted by atomic mass is 32.2. The largest absolute Gasteiger partial charge is 0.326 e. The number of carbonyl (C=O) groups excluding carboxylic acids is 1. The molecule has 3 aromatic rings. The Morgan fingerprint density at radius 3 is 2.89 bits per heavy atom. The molecule has 0 bridgehead atoms. The third-order valence-electron chi connectivity index (χ3n) is 4.62. The van der Waals surface area contributed by atoms with Crippen LogP contribution in [0.3, 0.4) is 0 Å². The van der Waals surface area contributed by atoms with Gasteiger partial charge in [-0.2, -0.15) is 5.10 Å². The van der Waals surface area contributed by atoms with Crippen LogP contribution in [0.2, 0.25) is 0 Å². The SMILES string of the molecule is CC(=O)Nc1cccc(-n2c(SCCCc3cnn(C)c3)nnc2C2CC2)c1. The molecule has 4 rings (SSSR count). The predicted molar refractivity (Wildman–Crippen MR) is 110 cm³/mol. The summed E-state index contributed by atoms with van der Waals surface area (Å²) in [5.41, 5.74) is 3.03. The van der Waals surface area contributed by atoms with Crippen LogP contribution in [-0.4, -0.2) is 36.2 Å². The Morgan fingerprint density at radius 1 is 1.32 bits per heavy atom. The zero-order valence-electron chi connectivity index (χ0n) is 16.1. The van der Waals surface area contributed by atoms with Crippen molar-refractivity contribution in [1.29, 1.82) is 0 Å². The Bertz CT molecular complexity index is 975. The van der Waals surface area contributed by atoms with Gasteiger partial charge in [-0.05, 0) is 49.4 Å². The number of aryl methyl sites for hydroxylation is 2. The summed E-state index contributed by atoms with van der Waals surface area (Å²) in [4.78, 5) is 11.4. The van der Waals surface area contributed by atoms with Crippen molar-refractivity contribution in [2.75, 3.05) is 11.1 Å². The lowest BCUT2D eigenvalue weighted by Crippen LogP contribution is -2.07. The molecule has 7 nitrogen and oxygen atoms in total. The number of hydrogen-bond acceptors (Lipinski definition) is 5. The van der Waals surface area contributed by atoms with Crippen molar-refractivity contribution in [3.8, 4) is 5.69 Å². The van der Waals surface area contributed by atoms with Gasteiger partial charge in [0.1, 0.15) is 5.82 Å². The molecule has 1 saturated carbocycles. The maximum atomic E-state index is 11.4. The van der Waals surface area contributed by atoms with Crippen molar-refractivity contribution in [3.05, 3.63) is 48.0 Å². The molecule has 0 aliphatic heterocycles. The van der Waals surface area contributed by atoms with Crippen molar-refractivity contribution < 1.29 is 4.79 Å². The smallest absolute Gasteiger partial charge is 0.221 e. The Kier molecular flexibility index (Phi) is 5.47. The number of nitrogens with one attached hydrogen (secondary N) is 1. The van der Waals surface area contributed by atoms with Crippen LogP contribution in [0.4, 0.5) is 5.69 Å². The van der Waals surface area contributed by atoms with Crippen molar-refractivity contribution >= 4 is 23.4 Å². The van der Waals surface area contributed by atoms with Crippen molar-refractivity contribution in [2.45, 2.75) is 43.7 Å². The molecule has 1 fully saturated rings. The number of thioether (sulfide) groups is 1. The second kappa shape index (κ2) is 8.18. The summed E-state index contributed by atoms with van der Waals surface area (Å²) < 4.78 is 3.99. The first-order chi connectivity index (χ1) is 13.6. The van der Waals surface area contributed by atoms with Crippen LogP contribution in [0.1, 0.15) is 43.5 Å².